The molecule has 26 heavy (non-hydrogen) atoms. The molecule has 0 saturated heterocycles. The molecule has 0 aromatic rings. The highest BCUT2D eigenvalue weighted by Gasteiger charge is 2.06. The van der Waals surface area contributed by atoms with Crippen LogP contribution in [0.25, 0.3) is 0 Å². The van der Waals surface area contributed by atoms with Gasteiger partial charge in [-0.3, -0.25) is 9.59 Å². The summed E-state index contributed by atoms with van der Waals surface area (Å²) in [5, 5.41) is 0. The van der Waals surface area contributed by atoms with Gasteiger partial charge in [-0.15, -0.1) is 0 Å². The van der Waals surface area contributed by atoms with Crippen molar-refractivity contribution in [1.29, 1.82) is 0 Å². The van der Waals surface area contributed by atoms with Crippen molar-refractivity contribution in [3.63, 3.8) is 0 Å². The number of carbonyl (C=O) groups excluding carboxylic acids is 3. The number of ether oxygens (including phenoxy) is 6. The van der Waals surface area contributed by atoms with Crippen LogP contribution in [0.3, 0.4) is 0 Å². The lowest BCUT2D eigenvalue weighted by molar-refractivity contribution is -0.147. The van der Waals surface area contributed by atoms with Gasteiger partial charge in [0.05, 0.1) is 65.5 Å². The molecule has 0 aromatic carbocycles. The first kappa shape index (κ1) is 24.2. The standard InChI is InChI=1S/C17H28O9/c1-14(17(20)21-3)13-25-9-8-23-5-4-22-6-7-24-10-11-26-16(19)12-15(2)18/h1,4-13H2,2-3H3. The van der Waals surface area contributed by atoms with E-state index in [0.29, 0.717) is 39.6 Å². The average molecular weight is 376 g/mol. The Morgan fingerprint density at radius 3 is 1.69 bits per heavy atom. The van der Waals surface area contributed by atoms with Gasteiger partial charge in [0.25, 0.3) is 0 Å². The second kappa shape index (κ2) is 16.6. The molecule has 0 unspecified atom stereocenters. The Labute approximate surface area is 153 Å². The number of ketones is 1. The van der Waals surface area contributed by atoms with E-state index in [-0.39, 0.29) is 37.6 Å². The minimum absolute atomic E-state index is 0.105. The van der Waals surface area contributed by atoms with Gasteiger partial charge in [-0.1, -0.05) is 6.58 Å². The molecule has 0 aliphatic heterocycles. The first-order chi connectivity index (χ1) is 12.5. The van der Waals surface area contributed by atoms with E-state index < -0.39 is 11.9 Å². The van der Waals surface area contributed by atoms with Crippen LogP contribution in [0.5, 0.6) is 0 Å². The largest absolute Gasteiger partial charge is 0.466 e. The fourth-order valence-corrected chi connectivity index (χ4v) is 1.53. The molecule has 0 fully saturated rings. The van der Waals surface area contributed by atoms with Crippen LogP contribution in [0, 0.1) is 0 Å². The third kappa shape index (κ3) is 15.7. The van der Waals surface area contributed by atoms with E-state index in [9.17, 15) is 14.4 Å². The lowest BCUT2D eigenvalue weighted by Gasteiger charge is -2.08. The zero-order valence-corrected chi connectivity index (χ0v) is 15.5. The van der Waals surface area contributed by atoms with Crippen molar-refractivity contribution >= 4 is 17.7 Å². The minimum Gasteiger partial charge on any atom is -0.466 e. The monoisotopic (exact) mass is 376 g/mol. The Hall–Kier alpha value is -1.81. The molecule has 0 bridgehead atoms. The Balaban J connectivity index is 3.22. The van der Waals surface area contributed by atoms with E-state index in [1.807, 2.05) is 0 Å². The predicted octanol–water partition coefficient (Wildman–Crippen LogP) is 0.304. The summed E-state index contributed by atoms with van der Waals surface area (Å²) in [6.07, 6.45) is -0.214. The van der Waals surface area contributed by atoms with Crippen molar-refractivity contribution in [3.05, 3.63) is 12.2 Å². The molecule has 0 aliphatic rings. The van der Waals surface area contributed by atoms with Crippen LogP contribution in [-0.4, -0.2) is 84.3 Å². The van der Waals surface area contributed by atoms with Gasteiger partial charge in [-0.25, -0.2) is 4.79 Å². The van der Waals surface area contributed by atoms with Crippen LogP contribution < -0.4 is 0 Å². The summed E-state index contributed by atoms with van der Waals surface area (Å²) in [6.45, 7) is 7.60. The summed E-state index contributed by atoms with van der Waals surface area (Å²) in [4.78, 5) is 32.8. The van der Waals surface area contributed by atoms with Crippen molar-refractivity contribution < 1.29 is 42.8 Å². The predicted molar refractivity (Wildman–Crippen MR) is 90.7 cm³/mol. The maximum absolute atomic E-state index is 11.1. The Kier molecular flexibility index (Phi) is 15.5. The molecule has 0 saturated carbocycles. The molecule has 0 amide bonds. The molecule has 9 heteroatoms. The van der Waals surface area contributed by atoms with Gasteiger partial charge in [0.2, 0.25) is 0 Å². The van der Waals surface area contributed by atoms with Crippen molar-refractivity contribution in [2.24, 2.45) is 0 Å². The number of Topliss-reactive ketones (excluding diaryl/α,β-unsaturated/α-hetero) is 1. The molecule has 9 nitrogen and oxygen atoms in total. The van der Waals surface area contributed by atoms with E-state index in [2.05, 4.69) is 11.3 Å². The van der Waals surface area contributed by atoms with Gasteiger partial charge < -0.3 is 28.4 Å². The van der Waals surface area contributed by atoms with Gasteiger partial charge in [-0.2, -0.15) is 0 Å². The molecule has 0 radical (unpaired) electrons. The molecule has 0 atom stereocenters. The lowest BCUT2D eigenvalue weighted by atomic mass is 10.3. The topological polar surface area (TPSA) is 107 Å². The number of carbonyl (C=O) groups is 3. The van der Waals surface area contributed by atoms with Crippen LogP contribution in [0.1, 0.15) is 13.3 Å². The van der Waals surface area contributed by atoms with Crippen molar-refractivity contribution in [1.82, 2.24) is 0 Å². The molecular formula is C17H28O9. The summed E-state index contributed by atoms with van der Waals surface area (Å²) in [5.74, 6) is -1.27. The highest BCUT2D eigenvalue weighted by Crippen LogP contribution is 1.94. The van der Waals surface area contributed by atoms with Crippen LogP contribution in [0.2, 0.25) is 0 Å². The molecule has 0 spiro atoms. The summed E-state index contributed by atoms with van der Waals surface area (Å²) in [6, 6.07) is 0. The fraction of sp³-hybridized carbons (Fsp3) is 0.706. The third-order valence-corrected chi connectivity index (χ3v) is 2.75. The van der Waals surface area contributed by atoms with Crippen LogP contribution in [-0.2, 0) is 42.8 Å². The summed E-state index contributed by atoms with van der Waals surface area (Å²) >= 11 is 0. The number of esters is 2. The maximum Gasteiger partial charge on any atom is 0.335 e. The van der Waals surface area contributed by atoms with Crippen molar-refractivity contribution in [2.75, 3.05) is 66.6 Å². The second-order valence-electron chi connectivity index (χ2n) is 5.08. The Morgan fingerprint density at radius 2 is 1.23 bits per heavy atom. The van der Waals surface area contributed by atoms with Crippen molar-refractivity contribution in [3.8, 4) is 0 Å². The molecule has 0 aromatic heterocycles. The number of rotatable bonds is 17. The van der Waals surface area contributed by atoms with Gasteiger partial charge in [0.15, 0.2) is 0 Å². The quantitative estimate of drug-likeness (QED) is 0.153. The molecule has 0 heterocycles. The van der Waals surface area contributed by atoms with Crippen LogP contribution >= 0.6 is 0 Å². The zero-order valence-electron chi connectivity index (χ0n) is 15.5. The SMILES string of the molecule is C=C(COCCOCCOCCOCCOC(=O)CC(C)=O)C(=O)OC. The zero-order chi connectivity index (χ0) is 19.6. The number of hydrogen-bond donors (Lipinski definition) is 0. The highest BCUT2D eigenvalue weighted by molar-refractivity contribution is 5.94. The molecule has 0 aliphatic carbocycles. The van der Waals surface area contributed by atoms with E-state index >= 15 is 0 Å². The van der Waals surface area contributed by atoms with Gasteiger partial charge in [-0.05, 0) is 6.92 Å². The van der Waals surface area contributed by atoms with E-state index in [0.717, 1.165) is 0 Å². The van der Waals surface area contributed by atoms with E-state index in [1.54, 1.807) is 0 Å². The number of hydrogen-bond acceptors (Lipinski definition) is 9. The molecule has 0 N–H and O–H groups in total. The lowest BCUT2D eigenvalue weighted by Crippen LogP contribution is -2.16. The third-order valence-electron chi connectivity index (χ3n) is 2.75. The molecule has 150 valence electrons. The average Bonchev–Trinajstić information content (AvgIpc) is 2.60. The minimum atomic E-state index is -0.548. The molecule has 0 rings (SSSR count). The normalized spacial score (nSPS) is 10.4. The first-order valence-corrected chi connectivity index (χ1v) is 8.19. The molecular weight excluding hydrogens is 348 g/mol. The fourth-order valence-electron chi connectivity index (χ4n) is 1.53. The highest BCUT2D eigenvalue weighted by atomic mass is 16.6. The van der Waals surface area contributed by atoms with Gasteiger partial charge in [0.1, 0.15) is 18.8 Å². The number of methoxy groups -OCH3 is 1. The summed E-state index contributed by atoms with van der Waals surface area (Å²) in [7, 11) is 1.28. The van der Waals surface area contributed by atoms with Crippen LogP contribution in [0.4, 0.5) is 0 Å². The van der Waals surface area contributed by atoms with Crippen LogP contribution in [0.15, 0.2) is 12.2 Å². The second-order valence-corrected chi connectivity index (χ2v) is 5.08. The Bertz CT molecular complexity index is 434. The summed E-state index contributed by atoms with van der Waals surface area (Å²) in [5.41, 5.74) is 0.254. The Morgan fingerprint density at radius 1 is 0.769 bits per heavy atom. The van der Waals surface area contributed by atoms with E-state index in [1.165, 1.54) is 14.0 Å². The maximum atomic E-state index is 11.1. The summed E-state index contributed by atoms with van der Waals surface area (Å²) < 4.78 is 30.3. The van der Waals surface area contributed by atoms with Gasteiger partial charge in [0, 0.05) is 0 Å². The smallest absolute Gasteiger partial charge is 0.335 e. The van der Waals surface area contributed by atoms with E-state index in [4.69, 9.17) is 23.7 Å². The first-order valence-electron chi connectivity index (χ1n) is 8.19. The van der Waals surface area contributed by atoms with Gasteiger partial charge >= 0.3 is 11.9 Å². The van der Waals surface area contributed by atoms with Crippen molar-refractivity contribution in [2.45, 2.75) is 13.3 Å².